The summed E-state index contributed by atoms with van der Waals surface area (Å²) in [6, 6.07) is 0. The van der Waals surface area contributed by atoms with E-state index >= 15 is 0 Å². The molecule has 0 aromatic carbocycles. The van der Waals surface area contributed by atoms with Crippen LogP contribution in [0.3, 0.4) is 0 Å². The Kier molecular flexibility index (Phi) is 1.81. The second kappa shape index (κ2) is 3.22. The van der Waals surface area contributed by atoms with E-state index in [1.807, 2.05) is 0 Å². The molecule has 3 atom stereocenters. The van der Waals surface area contributed by atoms with Gasteiger partial charge in [-0.15, -0.1) is 0 Å². The molecular weight excluding hydrogens is 200 g/mol. The van der Waals surface area contributed by atoms with Crippen molar-refractivity contribution in [2.45, 2.75) is 51.0 Å². The van der Waals surface area contributed by atoms with E-state index in [1.54, 1.807) is 5.69 Å². The van der Waals surface area contributed by atoms with Crippen LogP contribution in [0.4, 0.5) is 0 Å². The normalized spacial score (nSPS) is 35.6. The molecule has 2 heterocycles. The van der Waals surface area contributed by atoms with Gasteiger partial charge in [0.2, 0.25) is 0 Å². The molecule has 0 amide bonds. The van der Waals surface area contributed by atoms with Gasteiger partial charge in [-0.25, -0.2) is 10.4 Å². The third kappa shape index (κ3) is 1.10. The van der Waals surface area contributed by atoms with Crippen LogP contribution in [0, 0.1) is 11.8 Å². The van der Waals surface area contributed by atoms with Crippen molar-refractivity contribution in [2.75, 3.05) is 0 Å². The summed E-state index contributed by atoms with van der Waals surface area (Å²) < 4.78 is 2.35. The highest BCUT2D eigenvalue weighted by atomic mass is 15.5. The lowest BCUT2D eigenvalue weighted by atomic mass is 9.63. The van der Waals surface area contributed by atoms with Crippen LogP contribution in [0.1, 0.15) is 49.4 Å². The highest BCUT2D eigenvalue weighted by Crippen LogP contribution is 2.50. The highest BCUT2D eigenvalue weighted by Gasteiger charge is 2.41. The zero-order valence-electron chi connectivity index (χ0n) is 9.63. The van der Waals surface area contributed by atoms with Crippen molar-refractivity contribution in [3.8, 4) is 0 Å². The van der Waals surface area contributed by atoms with Gasteiger partial charge in [0.05, 0.1) is 11.4 Å². The van der Waals surface area contributed by atoms with Gasteiger partial charge in [0.25, 0.3) is 0 Å². The van der Waals surface area contributed by atoms with Crippen molar-refractivity contribution in [3.63, 3.8) is 0 Å². The zero-order valence-corrected chi connectivity index (χ0v) is 9.63. The summed E-state index contributed by atoms with van der Waals surface area (Å²) in [6.07, 6.45) is 8.37. The molecule has 1 fully saturated rings. The Balaban J connectivity index is 1.90. The molecule has 3 unspecified atom stereocenters. The Morgan fingerprint density at radius 1 is 1.06 bits per heavy atom. The van der Waals surface area contributed by atoms with Crippen molar-refractivity contribution in [3.05, 3.63) is 11.4 Å². The molecule has 1 saturated carbocycles. The fourth-order valence-corrected chi connectivity index (χ4v) is 4.31. The summed E-state index contributed by atoms with van der Waals surface area (Å²) in [6.45, 7) is 1.17. The van der Waals surface area contributed by atoms with Crippen molar-refractivity contribution in [1.29, 1.82) is 0 Å². The van der Waals surface area contributed by atoms with E-state index in [1.165, 1.54) is 50.8 Å². The molecule has 0 bridgehead atoms. The summed E-state index contributed by atoms with van der Waals surface area (Å²) in [4.78, 5) is 0. The Labute approximate surface area is 95.1 Å². The molecule has 1 aliphatic heterocycles. The summed E-state index contributed by atoms with van der Waals surface area (Å²) in [5.41, 5.74) is 3.04. The van der Waals surface area contributed by atoms with Gasteiger partial charge in [0.1, 0.15) is 0 Å². The molecule has 88 valence electrons. The largest absolute Gasteiger partial charge is 0.288 e. The number of aromatic amines is 3. The van der Waals surface area contributed by atoms with Crippen LogP contribution in [0.5, 0.6) is 0 Å². The minimum Gasteiger partial charge on any atom is -0.288 e. The number of H-pyrrole nitrogens is 3. The smallest absolute Gasteiger partial charge is 0.0605 e. The topological polar surface area (TPSA) is 52.3 Å². The Bertz CT molecular complexity index is 397. The number of hydrogen-bond donors (Lipinski definition) is 3. The Morgan fingerprint density at radius 2 is 1.94 bits per heavy atom. The standard InChI is InChI=1S/C12H20N4/c1-2-8-4-5-10-12-11(8)9(3-1)6-7-16(12)15-14-13-10/h8-9,11,13-15H,1-7H2. The first-order valence-corrected chi connectivity index (χ1v) is 6.71. The molecule has 4 heteroatoms. The molecule has 0 saturated heterocycles. The number of aromatic nitrogens is 4. The fourth-order valence-electron chi connectivity index (χ4n) is 4.31. The van der Waals surface area contributed by atoms with Crippen LogP contribution >= 0.6 is 0 Å². The first-order chi connectivity index (χ1) is 7.93. The van der Waals surface area contributed by atoms with Crippen LogP contribution in [0.2, 0.25) is 0 Å². The van der Waals surface area contributed by atoms with Crippen molar-refractivity contribution in [1.82, 2.24) is 20.2 Å². The number of hydrogen-bond acceptors (Lipinski definition) is 0. The van der Waals surface area contributed by atoms with Crippen LogP contribution in [-0.2, 0) is 13.0 Å². The lowest BCUT2D eigenvalue weighted by molar-refractivity contribution is 0.140. The summed E-state index contributed by atoms with van der Waals surface area (Å²) in [7, 11) is 0. The number of nitrogens with one attached hydrogen (secondary N) is 3. The average Bonchev–Trinajstić information content (AvgIpc) is 2.36. The van der Waals surface area contributed by atoms with Gasteiger partial charge in [-0.1, -0.05) is 6.42 Å². The van der Waals surface area contributed by atoms with E-state index in [9.17, 15) is 0 Å². The first-order valence-electron chi connectivity index (χ1n) is 6.71. The van der Waals surface area contributed by atoms with Gasteiger partial charge in [-0.05, 0) is 43.9 Å². The molecular formula is C12H20N4. The number of rotatable bonds is 0. The molecule has 0 radical (unpaired) electrons. The summed E-state index contributed by atoms with van der Waals surface area (Å²) in [5.74, 6) is 2.76. The number of aryl methyl sites for hydroxylation is 2. The van der Waals surface area contributed by atoms with Crippen molar-refractivity contribution >= 4 is 0 Å². The minimum atomic E-state index is 0.841. The Morgan fingerprint density at radius 3 is 2.88 bits per heavy atom. The van der Waals surface area contributed by atoms with Crippen molar-refractivity contribution in [2.24, 2.45) is 11.8 Å². The second-order valence-electron chi connectivity index (χ2n) is 5.68. The quantitative estimate of drug-likeness (QED) is 0.601. The van der Waals surface area contributed by atoms with E-state index < -0.39 is 0 Å². The molecule has 0 spiro atoms. The molecule has 4 rings (SSSR count). The van der Waals surface area contributed by atoms with Crippen LogP contribution in [0.25, 0.3) is 0 Å². The SMILES string of the molecule is C1CC2CCc3[nH][nH][nH]n4c3C2C(C1)CC4. The van der Waals surface area contributed by atoms with Gasteiger partial charge in [0, 0.05) is 12.5 Å². The minimum absolute atomic E-state index is 0.841. The van der Waals surface area contributed by atoms with E-state index in [-0.39, 0.29) is 0 Å². The molecule has 4 nitrogen and oxygen atoms in total. The molecule has 3 aliphatic rings. The third-order valence-corrected chi connectivity index (χ3v) is 4.97. The van der Waals surface area contributed by atoms with E-state index in [2.05, 4.69) is 20.2 Å². The lowest BCUT2D eigenvalue weighted by Gasteiger charge is -2.46. The first kappa shape index (κ1) is 9.02. The summed E-state index contributed by atoms with van der Waals surface area (Å²) in [5, 5.41) is 9.64. The molecule has 2 aliphatic carbocycles. The fraction of sp³-hybridized carbons (Fsp3) is 0.833. The van der Waals surface area contributed by atoms with Gasteiger partial charge in [-0.3, -0.25) is 9.78 Å². The van der Waals surface area contributed by atoms with E-state index in [0.717, 1.165) is 17.8 Å². The highest BCUT2D eigenvalue weighted by molar-refractivity contribution is 5.23. The molecule has 1 aromatic heterocycles. The zero-order chi connectivity index (χ0) is 10.5. The van der Waals surface area contributed by atoms with Gasteiger partial charge in [-0.2, -0.15) is 0 Å². The number of nitrogens with zero attached hydrogens (tertiary/aromatic N) is 1. The van der Waals surface area contributed by atoms with Gasteiger partial charge >= 0.3 is 0 Å². The maximum Gasteiger partial charge on any atom is 0.0605 e. The van der Waals surface area contributed by atoms with Crippen LogP contribution in [0.15, 0.2) is 0 Å². The predicted octanol–water partition coefficient (Wildman–Crippen LogP) is 2.45. The van der Waals surface area contributed by atoms with Gasteiger partial charge in [0.15, 0.2) is 0 Å². The van der Waals surface area contributed by atoms with Crippen LogP contribution < -0.4 is 0 Å². The van der Waals surface area contributed by atoms with Gasteiger partial charge < -0.3 is 0 Å². The summed E-state index contributed by atoms with van der Waals surface area (Å²) >= 11 is 0. The maximum atomic E-state index is 3.32. The van der Waals surface area contributed by atoms with E-state index in [0.29, 0.717) is 0 Å². The maximum absolute atomic E-state index is 3.32. The molecule has 3 N–H and O–H groups in total. The Hall–Kier alpha value is -1.06. The molecule has 1 aromatic rings. The average molecular weight is 220 g/mol. The predicted molar refractivity (Wildman–Crippen MR) is 61.6 cm³/mol. The third-order valence-electron chi connectivity index (χ3n) is 4.97. The lowest BCUT2D eigenvalue weighted by Crippen LogP contribution is -2.39. The van der Waals surface area contributed by atoms with E-state index in [4.69, 9.17) is 0 Å². The molecule has 16 heavy (non-hydrogen) atoms. The van der Waals surface area contributed by atoms with Crippen LogP contribution in [-0.4, -0.2) is 20.2 Å². The second-order valence-corrected chi connectivity index (χ2v) is 5.68. The monoisotopic (exact) mass is 220 g/mol. The van der Waals surface area contributed by atoms with Crippen molar-refractivity contribution < 1.29 is 0 Å².